The number of carbonyl (C=O) groups excluding carboxylic acids is 1. The summed E-state index contributed by atoms with van der Waals surface area (Å²) in [4.78, 5) is 35.0. The topological polar surface area (TPSA) is 99.9 Å². The number of carbonyl (C=O) groups is 1. The van der Waals surface area contributed by atoms with E-state index in [1.165, 1.54) is 17.8 Å². The Balaban J connectivity index is 0.000000817. The monoisotopic (exact) mass is 390 g/mol. The number of alkyl carbamates (subject to hydrolysis) is 1. The van der Waals surface area contributed by atoms with E-state index in [9.17, 15) is 9.59 Å². The van der Waals surface area contributed by atoms with Gasteiger partial charge >= 0.3 is 6.09 Å². The number of aromatic amines is 2. The highest BCUT2D eigenvalue weighted by atomic mass is 32.1. The first-order valence-corrected chi connectivity index (χ1v) is 9.68. The number of H-pyrrole nitrogens is 2. The molecule has 3 aromatic heterocycles. The van der Waals surface area contributed by atoms with Crippen molar-refractivity contribution < 1.29 is 9.53 Å². The Kier molecular flexibility index (Phi) is 6.79. The number of nitrogens with one attached hydrogen (secondary N) is 3. The minimum absolute atomic E-state index is 0.0927. The molecule has 0 spiro atoms. The van der Waals surface area contributed by atoms with Crippen LogP contribution in [0.5, 0.6) is 0 Å². The summed E-state index contributed by atoms with van der Waals surface area (Å²) in [5.74, 6) is 0.386. The molecule has 27 heavy (non-hydrogen) atoms. The molecule has 0 aliphatic rings. The molecule has 0 aliphatic heterocycles. The van der Waals surface area contributed by atoms with Gasteiger partial charge in [0.2, 0.25) is 0 Å². The summed E-state index contributed by atoms with van der Waals surface area (Å²) in [6.45, 7) is 9.70. The van der Waals surface area contributed by atoms with Gasteiger partial charge in [-0.1, -0.05) is 20.3 Å². The lowest BCUT2D eigenvalue weighted by Gasteiger charge is -2.19. The Morgan fingerprint density at radius 1 is 1.33 bits per heavy atom. The second-order valence-electron chi connectivity index (χ2n) is 7.00. The molecule has 0 fully saturated rings. The molecule has 0 aromatic carbocycles. The first kappa shape index (κ1) is 20.7. The zero-order valence-corrected chi connectivity index (χ0v) is 17.1. The van der Waals surface area contributed by atoms with Gasteiger partial charge in [-0.3, -0.25) is 4.79 Å². The van der Waals surface area contributed by atoms with Crippen molar-refractivity contribution >= 4 is 27.6 Å². The van der Waals surface area contributed by atoms with Crippen molar-refractivity contribution in [2.24, 2.45) is 0 Å². The van der Waals surface area contributed by atoms with Crippen LogP contribution in [0.2, 0.25) is 0 Å². The van der Waals surface area contributed by atoms with Crippen molar-refractivity contribution in [2.75, 3.05) is 0 Å². The van der Waals surface area contributed by atoms with E-state index in [0.29, 0.717) is 16.0 Å². The molecule has 0 unspecified atom stereocenters. The first-order valence-electron chi connectivity index (χ1n) is 8.86. The molecule has 0 atom stereocenters. The van der Waals surface area contributed by atoms with Crippen LogP contribution in [0.4, 0.5) is 4.79 Å². The number of rotatable bonds is 3. The largest absolute Gasteiger partial charge is 0.444 e. The van der Waals surface area contributed by atoms with Crippen molar-refractivity contribution in [3.8, 4) is 10.4 Å². The fourth-order valence-corrected chi connectivity index (χ4v) is 3.15. The fraction of sp³-hybridized carbons (Fsp3) is 0.421. The lowest BCUT2D eigenvalue weighted by atomic mass is 10.2. The predicted molar refractivity (Wildman–Crippen MR) is 109 cm³/mol. The summed E-state index contributed by atoms with van der Waals surface area (Å²) in [5, 5.41) is 2.59. The Morgan fingerprint density at radius 3 is 2.63 bits per heavy atom. The third-order valence-electron chi connectivity index (χ3n) is 3.11. The van der Waals surface area contributed by atoms with Crippen LogP contribution in [0.3, 0.4) is 0 Å². The summed E-state index contributed by atoms with van der Waals surface area (Å²) < 4.78 is 5.72. The van der Waals surface area contributed by atoms with Gasteiger partial charge in [0, 0.05) is 22.8 Å². The lowest BCUT2D eigenvalue weighted by molar-refractivity contribution is 0.0522. The number of fused-ring (bicyclic) bond motifs is 1. The second kappa shape index (κ2) is 8.85. The van der Waals surface area contributed by atoms with Gasteiger partial charge in [-0.15, -0.1) is 11.3 Å². The molecule has 0 bridgehead atoms. The summed E-state index contributed by atoms with van der Waals surface area (Å²) in [5.41, 5.74) is 0.827. The highest BCUT2D eigenvalue weighted by Gasteiger charge is 2.16. The molecule has 0 radical (unpaired) electrons. The van der Waals surface area contributed by atoms with Crippen molar-refractivity contribution in [2.45, 2.75) is 53.2 Å². The van der Waals surface area contributed by atoms with E-state index < -0.39 is 11.7 Å². The van der Waals surface area contributed by atoms with Crippen LogP contribution in [-0.2, 0) is 11.3 Å². The second-order valence-corrected chi connectivity index (χ2v) is 8.05. The maximum atomic E-state index is 12.2. The SMILES string of the molecule is CC(C)(C)OC(=O)NCc1nc2cc(-c3cc[nH]c3)sc2c(=O)[nH]1.CCC. The van der Waals surface area contributed by atoms with E-state index >= 15 is 0 Å². The van der Waals surface area contributed by atoms with E-state index in [1.54, 1.807) is 20.8 Å². The molecule has 7 nitrogen and oxygen atoms in total. The van der Waals surface area contributed by atoms with Gasteiger partial charge in [0.15, 0.2) is 0 Å². The summed E-state index contributed by atoms with van der Waals surface area (Å²) >= 11 is 1.38. The van der Waals surface area contributed by atoms with Gasteiger partial charge < -0.3 is 20.0 Å². The number of amides is 1. The number of nitrogens with zero attached hydrogens (tertiary/aromatic N) is 1. The van der Waals surface area contributed by atoms with Crippen LogP contribution in [-0.4, -0.2) is 26.6 Å². The number of hydrogen-bond acceptors (Lipinski definition) is 5. The molecular weight excluding hydrogens is 364 g/mol. The number of aromatic nitrogens is 3. The number of hydrogen-bond donors (Lipinski definition) is 3. The smallest absolute Gasteiger partial charge is 0.408 e. The molecule has 3 aromatic rings. The average Bonchev–Trinajstić information content (AvgIpc) is 3.21. The average molecular weight is 391 g/mol. The third-order valence-corrected chi connectivity index (χ3v) is 4.29. The van der Waals surface area contributed by atoms with E-state index in [1.807, 2.05) is 24.5 Å². The van der Waals surface area contributed by atoms with Crippen LogP contribution >= 0.6 is 11.3 Å². The van der Waals surface area contributed by atoms with Crippen LogP contribution in [0.15, 0.2) is 29.3 Å². The van der Waals surface area contributed by atoms with Crippen LogP contribution < -0.4 is 10.9 Å². The maximum absolute atomic E-state index is 12.2. The van der Waals surface area contributed by atoms with Crippen molar-refractivity contribution in [1.29, 1.82) is 0 Å². The molecule has 3 heterocycles. The highest BCUT2D eigenvalue weighted by molar-refractivity contribution is 7.22. The highest BCUT2D eigenvalue weighted by Crippen LogP contribution is 2.30. The standard InChI is InChI=1S/C16H18N4O3S.C3H8/c1-16(2,3)23-15(22)18-8-12-19-10-6-11(9-4-5-17-7-9)24-13(10)14(21)20-12;1-3-2/h4-7,17H,8H2,1-3H3,(H,18,22)(H,19,20,21);3H2,1-2H3. The maximum Gasteiger partial charge on any atom is 0.408 e. The van der Waals surface area contributed by atoms with E-state index in [2.05, 4.69) is 34.1 Å². The van der Waals surface area contributed by atoms with Crippen LogP contribution in [0, 0.1) is 0 Å². The number of thiophene rings is 1. The van der Waals surface area contributed by atoms with Gasteiger partial charge in [0.25, 0.3) is 5.56 Å². The minimum Gasteiger partial charge on any atom is -0.444 e. The summed E-state index contributed by atoms with van der Waals surface area (Å²) in [7, 11) is 0. The van der Waals surface area contributed by atoms with Crippen molar-refractivity contribution in [3.05, 3.63) is 40.7 Å². The summed E-state index contributed by atoms with van der Waals surface area (Å²) in [6.07, 6.45) is 4.39. The van der Waals surface area contributed by atoms with Gasteiger partial charge in [0.05, 0.1) is 12.1 Å². The Hall–Kier alpha value is -2.61. The molecule has 8 heteroatoms. The van der Waals surface area contributed by atoms with Gasteiger partial charge in [-0.25, -0.2) is 9.78 Å². The van der Waals surface area contributed by atoms with Crippen molar-refractivity contribution in [1.82, 2.24) is 20.3 Å². The van der Waals surface area contributed by atoms with E-state index in [0.717, 1.165) is 10.4 Å². The Morgan fingerprint density at radius 2 is 2.04 bits per heavy atom. The molecule has 0 saturated carbocycles. The van der Waals surface area contributed by atoms with E-state index in [-0.39, 0.29) is 12.1 Å². The predicted octanol–water partition coefficient (Wildman–Crippen LogP) is 4.42. The van der Waals surface area contributed by atoms with E-state index in [4.69, 9.17) is 4.74 Å². The Bertz CT molecular complexity index is 936. The van der Waals surface area contributed by atoms with Crippen LogP contribution in [0.25, 0.3) is 20.7 Å². The zero-order chi connectivity index (χ0) is 20.0. The zero-order valence-electron chi connectivity index (χ0n) is 16.3. The molecule has 3 rings (SSSR count). The number of ether oxygens (including phenoxy) is 1. The normalized spacial score (nSPS) is 11.0. The quantitative estimate of drug-likeness (QED) is 0.616. The van der Waals surface area contributed by atoms with Gasteiger partial charge in [-0.2, -0.15) is 0 Å². The van der Waals surface area contributed by atoms with Gasteiger partial charge in [0.1, 0.15) is 16.1 Å². The molecule has 1 amide bonds. The molecule has 3 N–H and O–H groups in total. The molecule has 0 aliphatic carbocycles. The molecule has 146 valence electrons. The fourth-order valence-electron chi connectivity index (χ4n) is 2.16. The van der Waals surface area contributed by atoms with Crippen LogP contribution in [0.1, 0.15) is 46.9 Å². The first-order chi connectivity index (χ1) is 12.7. The Labute approximate surface area is 162 Å². The molecular formula is C19H26N4O3S. The lowest BCUT2D eigenvalue weighted by Crippen LogP contribution is -2.33. The minimum atomic E-state index is -0.576. The third kappa shape index (κ3) is 5.96. The van der Waals surface area contributed by atoms with Gasteiger partial charge in [-0.05, 0) is 32.9 Å². The van der Waals surface area contributed by atoms with Crippen molar-refractivity contribution in [3.63, 3.8) is 0 Å². The molecule has 0 saturated heterocycles. The summed E-state index contributed by atoms with van der Waals surface area (Å²) in [6, 6.07) is 3.80.